The van der Waals surface area contributed by atoms with Gasteiger partial charge in [-0.2, -0.15) is 0 Å². The number of pyridine rings is 1. The molecule has 0 aliphatic rings. The van der Waals surface area contributed by atoms with Crippen LogP contribution in [0.15, 0.2) is 24.5 Å². The van der Waals surface area contributed by atoms with Crippen molar-refractivity contribution >= 4 is 17.1 Å². The number of halogens is 1. The molecular formula is C9H9ClN2O. The van der Waals surface area contributed by atoms with Crippen molar-refractivity contribution in [3.63, 3.8) is 0 Å². The molecule has 2 aromatic rings. The van der Waals surface area contributed by atoms with Crippen molar-refractivity contribution in [1.29, 1.82) is 0 Å². The maximum Gasteiger partial charge on any atom is 0.115 e. The third kappa shape index (κ3) is 1.41. The second-order valence-corrected chi connectivity index (χ2v) is 3.17. The minimum atomic E-state index is 0.103. The van der Waals surface area contributed by atoms with Crippen LogP contribution >= 0.6 is 11.6 Å². The van der Waals surface area contributed by atoms with Crippen LogP contribution in [-0.4, -0.2) is 21.1 Å². The average molecular weight is 197 g/mol. The van der Waals surface area contributed by atoms with Crippen LogP contribution < -0.4 is 0 Å². The summed E-state index contributed by atoms with van der Waals surface area (Å²) in [6.07, 6.45) is 4.15. The number of hydrogen-bond donors (Lipinski definition) is 1. The fourth-order valence-corrected chi connectivity index (χ4v) is 1.54. The van der Waals surface area contributed by atoms with E-state index in [4.69, 9.17) is 16.7 Å². The van der Waals surface area contributed by atoms with Crippen LogP contribution in [-0.2, 0) is 6.42 Å². The number of aliphatic hydroxyl groups is 1. The third-order valence-electron chi connectivity index (χ3n) is 1.93. The molecule has 3 nitrogen and oxygen atoms in total. The zero-order chi connectivity index (χ0) is 9.26. The lowest BCUT2D eigenvalue weighted by atomic mass is 10.4. The van der Waals surface area contributed by atoms with E-state index in [1.807, 2.05) is 22.7 Å². The van der Waals surface area contributed by atoms with E-state index in [0.29, 0.717) is 11.4 Å². The van der Waals surface area contributed by atoms with Crippen LogP contribution in [0, 0.1) is 0 Å². The van der Waals surface area contributed by atoms with Crippen LogP contribution in [0.25, 0.3) is 5.52 Å². The lowest BCUT2D eigenvalue weighted by Gasteiger charge is -1.99. The van der Waals surface area contributed by atoms with Crippen molar-refractivity contribution in [3.05, 3.63) is 35.4 Å². The zero-order valence-electron chi connectivity index (χ0n) is 6.94. The Kier molecular flexibility index (Phi) is 2.20. The van der Waals surface area contributed by atoms with Gasteiger partial charge in [-0.1, -0.05) is 11.6 Å². The number of aliphatic hydroxyl groups excluding tert-OH is 1. The summed E-state index contributed by atoms with van der Waals surface area (Å²) in [7, 11) is 0. The quantitative estimate of drug-likeness (QED) is 0.791. The van der Waals surface area contributed by atoms with E-state index in [-0.39, 0.29) is 6.61 Å². The standard InChI is InChI=1S/C9H9ClN2O/c10-7-2-1-4-12-8(7)6-11-9(12)3-5-13/h1-2,4,6,13H,3,5H2. The fraction of sp³-hybridized carbons (Fsp3) is 0.222. The van der Waals surface area contributed by atoms with Gasteiger partial charge in [-0.15, -0.1) is 0 Å². The Morgan fingerprint density at radius 2 is 2.38 bits per heavy atom. The van der Waals surface area contributed by atoms with Gasteiger partial charge in [0.1, 0.15) is 5.82 Å². The van der Waals surface area contributed by atoms with Crippen LogP contribution in [0.5, 0.6) is 0 Å². The van der Waals surface area contributed by atoms with Gasteiger partial charge < -0.3 is 9.51 Å². The molecule has 0 saturated carbocycles. The summed E-state index contributed by atoms with van der Waals surface area (Å²) in [6.45, 7) is 0.103. The molecule has 2 aromatic heterocycles. The highest BCUT2D eigenvalue weighted by Crippen LogP contribution is 2.17. The predicted molar refractivity (Wildman–Crippen MR) is 51.0 cm³/mol. The Bertz CT molecular complexity index is 424. The molecule has 0 radical (unpaired) electrons. The first kappa shape index (κ1) is 8.53. The highest BCUT2D eigenvalue weighted by atomic mass is 35.5. The zero-order valence-corrected chi connectivity index (χ0v) is 7.70. The molecule has 0 saturated heterocycles. The minimum absolute atomic E-state index is 0.103. The van der Waals surface area contributed by atoms with Gasteiger partial charge in [0.25, 0.3) is 0 Å². The molecule has 13 heavy (non-hydrogen) atoms. The molecule has 0 fully saturated rings. The van der Waals surface area contributed by atoms with Gasteiger partial charge in [-0.05, 0) is 12.1 Å². The van der Waals surface area contributed by atoms with Crippen LogP contribution in [0.1, 0.15) is 5.82 Å². The van der Waals surface area contributed by atoms with E-state index >= 15 is 0 Å². The van der Waals surface area contributed by atoms with Crippen molar-refractivity contribution in [3.8, 4) is 0 Å². The molecule has 0 aliphatic carbocycles. The largest absolute Gasteiger partial charge is 0.396 e. The molecule has 2 rings (SSSR count). The van der Waals surface area contributed by atoms with Gasteiger partial charge in [0.15, 0.2) is 0 Å². The summed E-state index contributed by atoms with van der Waals surface area (Å²) in [4.78, 5) is 4.16. The number of imidazole rings is 1. The minimum Gasteiger partial charge on any atom is -0.396 e. The summed E-state index contributed by atoms with van der Waals surface area (Å²) in [5.41, 5.74) is 0.882. The second-order valence-electron chi connectivity index (χ2n) is 2.76. The third-order valence-corrected chi connectivity index (χ3v) is 2.25. The van der Waals surface area contributed by atoms with Gasteiger partial charge in [-0.25, -0.2) is 4.98 Å². The van der Waals surface area contributed by atoms with Crippen molar-refractivity contribution in [2.24, 2.45) is 0 Å². The van der Waals surface area contributed by atoms with E-state index in [2.05, 4.69) is 4.98 Å². The molecule has 0 bridgehead atoms. The first-order chi connectivity index (χ1) is 6.33. The maximum atomic E-state index is 8.78. The first-order valence-corrected chi connectivity index (χ1v) is 4.42. The molecule has 0 unspecified atom stereocenters. The van der Waals surface area contributed by atoms with Gasteiger partial charge in [0.05, 0.1) is 23.3 Å². The van der Waals surface area contributed by atoms with E-state index in [9.17, 15) is 0 Å². The van der Waals surface area contributed by atoms with Gasteiger partial charge in [0, 0.05) is 12.6 Å². The SMILES string of the molecule is OCCc1ncc2c(Cl)cccn12. The first-order valence-electron chi connectivity index (χ1n) is 4.04. The smallest absolute Gasteiger partial charge is 0.115 e. The molecule has 1 N–H and O–H groups in total. The molecule has 68 valence electrons. The second kappa shape index (κ2) is 3.36. The molecule has 0 spiro atoms. The van der Waals surface area contributed by atoms with Crippen LogP contribution in [0.3, 0.4) is 0 Å². The lowest BCUT2D eigenvalue weighted by molar-refractivity contribution is 0.296. The van der Waals surface area contributed by atoms with Crippen molar-refractivity contribution in [2.75, 3.05) is 6.61 Å². The van der Waals surface area contributed by atoms with Crippen molar-refractivity contribution in [1.82, 2.24) is 9.38 Å². The van der Waals surface area contributed by atoms with Crippen molar-refractivity contribution < 1.29 is 5.11 Å². The molecule has 0 atom stereocenters. The molecule has 2 heterocycles. The lowest BCUT2D eigenvalue weighted by Crippen LogP contribution is -1.97. The van der Waals surface area contributed by atoms with E-state index in [1.54, 1.807) is 6.20 Å². The maximum absolute atomic E-state index is 8.78. The highest BCUT2D eigenvalue weighted by Gasteiger charge is 2.04. The summed E-state index contributed by atoms with van der Waals surface area (Å²) in [5.74, 6) is 0.833. The summed E-state index contributed by atoms with van der Waals surface area (Å²) in [6, 6.07) is 3.68. The summed E-state index contributed by atoms with van der Waals surface area (Å²) >= 11 is 5.95. The monoisotopic (exact) mass is 196 g/mol. The number of fused-ring (bicyclic) bond motifs is 1. The van der Waals surface area contributed by atoms with Gasteiger partial charge in [0.2, 0.25) is 0 Å². The molecule has 0 amide bonds. The number of nitrogens with zero attached hydrogens (tertiary/aromatic N) is 2. The number of rotatable bonds is 2. The molecular weight excluding hydrogens is 188 g/mol. The van der Waals surface area contributed by atoms with Crippen molar-refractivity contribution in [2.45, 2.75) is 6.42 Å². The van der Waals surface area contributed by atoms with Crippen LogP contribution in [0.4, 0.5) is 0 Å². The van der Waals surface area contributed by atoms with Gasteiger partial charge in [-0.3, -0.25) is 0 Å². The average Bonchev–Trinajstić information content (AvgIpc) is 2.51. The predicted octanol–water partition coefficient (Wildman–Crippen LogP) is 1.52. The fourth-order valence-electron chi connectivity index (χ4n) is 1.33. The highest BCUT2D eigenvalue weighted by molar-refractivity contribution is 6.33. The summed E-state index contributed by atoms with van der Waals surface area (Å²) < 4.78 is 1.89. The number of aromatic nitrogens is 2. The Balaban J connectivity index is 2.61. The molecule has 0 aromatic carbocycles. The van der Waals surface area contributed by atoms with Gasteiger partial charge >= 0.3 is 0 Å². The van der Waals surface area contributed by atoms with Crippen LogP contribution in [0.2, 0.25) is 5.02 Å². The Morgan fingerprint density at radius 3 is 3.15 bits per heavy atom. The van der Waals surface area contributed by atoms with E-state index < -0.39 is 0 Å². The Hall–Kier alpha value is -1.06. The topological polar surface area (TPSA) is 37.5 Å². The molecule has 0 aliphatic heterocycles. The van der Waals surface area contributed by atoms with E-state index in [1.165, 1.54) is 0 Å². The number of hydrogen-bond acceptors (Lipinski definition) is 2. The molecule has 4 heteroatoms. The summed E-state index contributed by atoms with van der Waals surface area (Å²) in [5, 5.41) is 9.46. The van der Waals surface area contributed by atoms with E-state index in [0.717, 1.165) is 11.3 Å². The Labute approximate surface area is 80.6 Å². The normalized spacial score (nSPS) is 10.9. The Morgan fingerprint density at radius 1 is 1.54 bits per heavy atom.